The van der Waals surface area contributed by atoms with Crippen molar-refractivity contribution in [1.82, 2.24) is 75.5 Å². The third kappa shape index (κ3) is 21.1. The van der Waals surface area contributed by atoms with Gasteiger partial charge in [0.15, 0.2) is 0 Å². The first-order valence-electron chi connectivity index (χ1n) is 40.0. The Kier molecular flexibility index (Phi) is 28.2. The summed E-state index contributed by atoms with van der Waals surface area (Å²) in [7, 11) is 0. The third-order valence-electron chi connectivity index (χ3n) is 21.6. The number of aryl methyl sites for hydroxylation is 2. The molecule has 127 heavy (non-hydrogen) atoms. The van der Waals surface area contributed by atoms with E-state index in [1.807, 2.05) is 81.2 Å². The van der Waals surface area contributed by atoms with Gasteiger partial charge in [0.2, 0.25) is 0 Å². The van der Waals surface area contributed by atoms with Crippen molar-refractivity contribution in [2.75, 3.05) is 59.3 Å². The number of amides is 10. The van der Waals surface area contributed by atoms with Crippen molar-refractivity contribution in [3.05, 3.63) is 285 Å². The van der Waals surface area contributed by atoms with Gasteiger partial charge in [0.1, 0.15) is 26.7 Å². The molecule has 0 bridgehead atoms. The quantitative estimate of drug-likeness (QED) is 0.0576. The van der Waals surface area contributed by atoms with E-state index in [9.17, 15) is 34.3 Å². The Balaban J connectivity index is 0.000000117. The standard InChI is InChI=1S/C18H14ClN5OS.C18H17ClN4O2S.2C18H17ClN4OS.C17H14Cl2N4OS/c19-11-2-1-3-12(8-11)21-18(25)24-6-4-15-14(10-24)17(23-22-15)13-5-7-26-16(13)9-20;19-11-2-1-3-12(8-11)20-18(25)23-7-6-15-14(9-23)17(22-21-15)16-5-4-13(10-24)26-16;1-11-14(6-8-25-11)17-15-10-23(7-5-16(15)21-22-17)18(24)20-13-4-2-3-12(19)9-13;1-11-6-8-25-17(11)16-14-10-23(7-5-15(14)21-22-16)18(24)20-13-4-2-3-12(19)9-13;18-10-2-1-3-11(8-10)20-17(24)23-6-4-14-13(9-23)15(22-21-14)12-5-7-25-16(12)19/h1-3,5,7-8H,4,6,10H2,(H,21,25)(H,22,23);1-5,8,24H,6-7,9-10H2,(H,20,25)(H,21,22);2*2-4,6,8-9H,5,7,10H2,1H3,(H,20,24)(H,21,22);1-3,5,7-8H,4,6,9H2,(H,20,24)(H,21,22). The molecule has 15 aromatic rings. The van der Waals surface area contributed by atoms with Crippen molar-refractivity contribution in [2.24, 2.45) is 0 Å². The summed E-state index contributed by atoms with van der Waals surface area (Å²) < 4.78 is 0.704. The van der Waals surface area contributed by atoms with Crippen molar-refractivity contribution >= 4 is 185 Å². The summed E-state index contributed by atoms with van der Waals surface area (Å²) in [5.74, 6) is 0. The molecule has 0 spiro atoms. The van der Waals surface area contributed by atoms with E-state index in [1.54, 1.807) is 122 Å². The van der Waals surface area contributed by atoms with Crippen LogP contribution in [0.5, 0.6) is 0 Å². The van der Waals surface area contributed by atoms with Crippen LogP contribution in [-0.2, 0) is 71.4 Å². The van der Waals surface area contributed by atoms with Gasteiger partial charge >= 0.3 is 30.2 Å². The molecular formula is C89H79Cl6N21O6S5. The highest BCUT2D eigenvalue weighted by molar-refractivity contribution is 7.15. The van der Waals surface area contributed by atoms with Crippen molar-refractivity contribution in [2.45, 2.75) is 85.3 Å². The highest BCUT2D eigenvalue weighted by Gasteiger charge is 2.33. The fourth-order valence-corrected chi connectivity index (χ4v) is 20.2. The summed E-state index contributed by atoms with van der Waals surface area (Å²) in [5, 5.41) is 81.6. The van der Waals surface area contributed by atoms with Gasteiger partial charge in [-0.15, -0.1) is 56.7 Å². The van der Waals surface area contributed by atoms with E-state index in [1.165, 1.54) is 44.5 Å². The monoisotopic (exact) mass is 1910 g/mol. The first-order valence-corrected chi connectivity index (χ1v) is 46.6. The Morgan fingerprint density at radius 1 is 0.394 bits per heavy atom. The maximum absolute atomic E-state index is 12.6. The maximum atomic E-state index is 12.6. The number of nitriles is 1. The Labute approximate surface area is 779 Å². The second kappa shape index (κ2) is 40.4. The minimum Gasteiger partial charge on any atom is -0.391 e. The molecule has 15 heterocycles. The minimum atomic E-state index is -0.184. The van der Waals surface area contributed by atoms with Crippen LogP contribution in [0.4, 0.5) is 52.4 Å². The number of nitrogens with one attached hydrogen (secondary N) is 10. The van der Waals surface area contributed by atoms with Gasteiger partial charge < -0.3 is 56.2 Å². The lowest BCUT2D eigenvalue weighted by atomic mass is 10.0. The molecule has 38 heteroatoms. The van der Waals surface area contributed by atoms with Crippen LogP contribution in [0.1, 0.15) is 76.5 Å². The number of aliphatic hydroxyl groups is 1. The van der Waals surface area contributed by atoms with E-state index < -0.39 is 0 Å². The summed E-state index contributed by atoms with van der Waals surface area (Å²) in [6, 6.07) is 49.0. The van der Waals surface area contributed by atoms with E-state index in [4.69, 9.17) is 69.6 Å². The SMILES string of the molecule is Cc1ccsc1-c1n[nH]c2c1CN(C(=O)Nc1cccc(Cl)c1)CC2.Cc1sccc1-c1n[nH]c2c1CN(C(=O)Nc1cccc(Cl)c1)CC2.N#Cc1sccc1-c1n[nH]c2c1CN(C(=O)Nc1cccc(Cl)c1)CC2.O=C(Nc1cccc(Cl)c1)N1CCc2[nH]nc(-c3ccc(CO)s3)c2C1.O=C(Nc1cccc(Cl)c1)N1CCc2[nH]nc(-c3ccsc3Cl)c2C1. The molecule has 0 atom stereocenters. The van der Waals surface area contributed by atoms with Gasteiger partial charge in [-0.1, -0.05) is 99.9 Å². The topological polar surface area (TPSA) is 349 Å². The zero-order valence-electron chi connectivity index (χ0n) is 67.9. The number of aromatic amines is 5. The van der Waals surface area contributed by atoms with E-state index in [0.29, 0.717) is 135 Å². The molecule has 0 unspecified atom stereocenters. The van der Waals surface area contributed by atoms with Crippen LogP contribution < -0.4 is 26.6 Å². The molecule has 5 aromatic carbocycles. The number of nitrogens with zero attached hydrogens (tertiary/aromatic N) is 11. The van der Waals surface area contributed by atoms with Crippen LogP contribution in [0.25, 0.3) is 54.9 Å². The van der Waals surface area contributed by atoms with E-state index >= 15 is 0 Å². The molecule has 0 fully saturated rings. The van der Waals surface area contributed by atoms with Crippen LogP contribution in [0.15, 0.2) is 179 Å². The predicted molar refractivity (Wildman–Crippen MR) is 508 cm³/mol. The molecule has 0 saturated carbocycles. The number of carbonyl (C=O) groups excluding carboxylic acids is 5. The number of aliphatic hydroxyl groups excluding tert-OH is 1. The number of benzene rings is 5. The van der Waals surface area contributed by atoms with Crippen LogP contribution in [0.3, 0.4) is 0 Å². The third-order valence-corrected chi connectivity index (χ3v) is 27.7. The van der Waals surface area contributed by atoms with Crippen LogP contribution in [0.2, 0.25) is 29.4 Å². The first-order chi connectivity index (χ1) is 61.6. The summed E-state index contributed by atoms with van der Waals surface area (Å²) in [4.78, 5) is 76.9. The largest absolute Gasteiger partial charge is 0.391 e. The molecule has 648 valence electrons. The molecular weight excluding hydrogens is 1830 g/mol. The average molecular weight is 1910 g/mol. The Bertz CT molecular complexity index is 6210. The summed E-state index contributed by atoms with van der Waals surface area (Å²) in [6.45, 7) is 9.84. The lowest BCUT2D eigenvalue weighted by Gasteiger charge is -2.27. The molecule has 5 aliphatic rings. The van der Waals surface area contributed by atoms with Gasteiger partial charge in [-0.25, -0.2) is 24.0 Å². The minimum absolute atomic E-state index is 0.0193. The number of hydrogen-bond donors (Lipinski definition) is 11. The number of carbonyl (C=O) groups is 5. The lowest BCUT2D eigenvalue weighted by Crippen LogP contribution is -2.38. The zero-order valence-corrected chi connectivity index (χ0v) is 76.5. The number of anilines is 5. The van der Waals surface area contributed by atoms with Gasteiger partial charge in [0.05, 0.1) is 66.2 Å². The zero-order chi connectivity index (χ0) is 88.4. The lowest BCUT2D eigenvalue weighted by molar-refractivity contribution is 0.205. The van der Waals surface area contributed by atoms with Crippen LogP contribution in [0, 0.1) is 25.2 Å². The van der Waals surface area contributed by atoms with Crippen molar-refractivity contribution in [3.63, 3.8) is 0 Å². The number of urea groups is 5. The fourth-order valence-electron chi connectivity index (χ4n) is 15.1. The van der Waals surface area contributed by atoms with Crippen molar-refractivity contribution in [1.29, 1.82) is 5.26 Å². The molecule has 0 aliphatic carbocycles. The number of thiophene rings is 5. The summed E-state index contributed by atoms with van der Waals surface area (Å²) in [5.41, 5.74) is 22.4. The number of rotatable bonds is 11. The molecule has 10 aromatic heterocycles. The number of aromatic nitrogens is 10. The van der Waals surface area contributed by atoms with E-state index in [0.717, 1.165) is 142 Å². The van der Waals surface area contributed by atoms with Crippen LogP contribution in [-0.4, -0.2) is 143 Å². The second-order valence-electron chi connectivity index (χ2n) is 29.8. The number of halogens is 6. The molecule has 11 N–H and O–H groups in total. The average Bonchev–Trinajstić information content (AvgIpc) is 1.67. The predicted octanol–water partition coefficient (Wildman–Crippen LogP) is 22.5. The fraction of sp³-hybridized carbons (Fsp3) is 0.202. The number of hydrogen-bond acceptors (Lipinski definition) is 17. The van der Waals surface area contributed by atoms with E-state index in [2.05, 4.69) is 120 Å². The molecule has 5 aliphatic heterocycles. The van der Waals surface area contributed by atoms with Gasteiger partial charge in [-0.05, 0) is 168 Å². The van der Waals surface area contributed by atoms with Crippen molar-refractivity contribution < 1.29 is 29.1 Å². The normalized spacial score (nSPS) is 13.5. The van der Waals surface area contributed by atoms with Gasteiger partial charge in [0.25, 0.3) is 0 Å². The second-order valence-corrected chi connectivity index (χ2v) is 37.7. The summed E-state index contributed by atoms with van der Waals surface area (Å²) >= 11 is 43.9. The molecule has 0 radical (unpaired) electrons. The van der Waals surface area contributed by atoms with Gasteiger partial charge in [-0.3, -0.25) is 25.5 Å². The molecule has 20 rings (SSSR count). The van der Waals surface area contributed by atoms with Crippen molar-refractivity contribution in [3.8, 4) is 61.0 Å². The first kappa shape index (κ1) is 88.6. The van der Waals surface area contributed by atoms with Gasteiger partial charge in [-0.2, -0.15) is 30.8 Å². The van der Waals surface area contributed by atoms with E-state index in [-0.39, 0.29) is 36.8 Å². The Hall–Kier alpha value is -11.8. The Morgan fingerprint density at radius 3 is 1.05 bits per heavy atom. The maximum Gasteiger partial charge on any atom is 0.322 e. The highest BCUT2D eigenvalue weighted by atomic mass is 35.5. The number of H-pyrrole nitrogens is 5. The highest BCUT2D eigenvalue weighted by Crippen LogP contribution is 2.41. The molecule has 0 saturated heterocycles. The summed E-state index contributed by atoms with van der Waals surface area (Å²) in [6.07, 6.45) is 3.69. The van der Waals surface area contributed by atoms with Crippen LogP contribution >= 0.6 is 126 Å². The number of fused-ring (bicyclic) bond motifs is 5. The molecule has 10 amide bonds. The molecule has 27 nitrogen and oxygen atoms in total. The smallest absolute Gasteiger partial charge is 0.322 e. The van der Waals surface area contributed by atoms with Gasteiger partial charge in [0, 0.05) is 201 Å². The Morgan fingerprint density at radius 2 is 0.717 bits per heavy atom.